The molecule has 0 aliphatic heterocycles. The molecule has 2 N–H and O–H groups in total. The first kappa shape index (κ1) is 23.6. The third kappa shape index (κ3) is 5.01. The minimum Gasteiger partial charge on any atom is -0.392 e. The summed E-state index contributed by atoms with van der Waals surface area (Å²) in [4.78, 5) is 0. The van der Waals surface area contributed by atoms with Crippen molar-refractivity contribution in [3.63, 3.8) is 0 Å². The smallest absolute Gasteiger partial charge is 0.0643 e. The largest absolute Gasteiger partial charge is 0.392 e. The average Bonchev–Trinajstić information content (AvgIpc) is 3.07. The highest BCUT2D eigenvalue weighted by Crippen LogP contribution is 2.60. The topological polar surface area (TPSA) is 40.5 Å². The molecule has 31 heavy (non-hydrogen) atoms. The monoisotopic (exact) mass is 428 g/mol. The molecule has 4 aliphatic rings. The van der Waals surface area contributed by atoms with Gasteiger partial charge < -0.3 is 10.2 Å². The maximum absolute atomic E-state index is 10.9. The van der Waals surface area contributed by atoms with Crippen LogP contribution in [0.15, 0.2) is 22.8 Å². The molecule has 0 saturated heterocycles. The Balaban J connectivity index is 1.49. The van der Waals surface area contributed by atoms with Gasteiger partial charge in [0.05, 0.1) is 11.7 Å². The van der Waals surface area contributed by atoms with Crippen LogP contribution in [0, 0.1) is 29.1 Å². The zero-order valence-corrected chi connectivity index (χ0v) is 20.8. The Morgan fingerprint density at radius 3 is 2.61 bits per heavy atom. The maximum Gasteiger partial charge on any atom is 0.0643 e. The third-order valence-corrected chi connectivity index (χ3v) is 9.75. The van der Waals surface area contributed by atoms with Crippen LogP contribution >= 0.6 is 0 Å². The second kappa shape index (κ2) is 9.34. The number of aliphatic hydroxyl groups excluding tert-OH is 1. The zero-order valence-electron chi connectivity index (χ0n) is 20.8. The normalized spacial score (nSPS) is 38.8. The van der Waals surface area contributed by atoms with Gasteiger partial charge in [0.15, 0.2) is 0 Å². The van der Waals surface area contributed by atoms with Gasteiger partial charge in [0.2, 0.25) is 0 Å². The highest BCUT2D eigenvalue weighted by molar-refractivity contribution is 5.31. The molecule has 0 amide bonds. The molecule has 0 bridgehead atoms. The van der Waals surface area contributed by atoms with Gasteiger partial charge in [-0.2, -0.15) is 0 Å². The van der Waals surface area contributed by atoms with E-state index in [1.165, 1.54) is 64.2 Å². The molecule has 176 valence electrons. The van der Waals surface area contributed by atoms with Crippen molar-refractivity contribution in [1.82, 2.24) is 0 Å². The lowest BCUT2D eigenvalue weighted by Gasteiger charge is -2.45. The van der Waals surface area contributed by atoms with E-state index in [0.717, 1.165) is 43.4 Å². The Kier molecular flexibility index (Phi) is 7.09. The van der Waals surface area contributed by atoms with Crippen LogP contribution in [0.2, 0.25) is 0 Å². The molecule has 2 nitrogen and oxygen atoms in total. The van der Waals surface area contributed by atoms with Crippen LogP contribution in [0.1, 0.15) is 118 Å². The molecule has 0 spiro atoms. The van der Waals surface area contributed by atoms with Crippen LogP contribution in [0.4, 0.5) is 0 Å². The van der Waals surface area contributed by atoms with E-state index in [1.807, 2.05) is 13.8 Å². The van der Waals surface area contributed by atoms with Crippen molar-refractivity contribution in [2.75, 3.05) is 0 Å². The van der Waals surface area contributed by atoms with Gasteiger partial charge in [-0.3, -0.25) is 0 Å². The lowest BCUT2D eigenvalue weighted by molar-refractivity contribution is 0.0594. The van der Waals surface area contributed by atoms with Crippen LogP contribution < -0.4 is 0 Å². The Hall–Kier alpha value is -0.600. The molecule has 2 fully saturated rings. The first-order chi connectivity index (χ1) is 14.7. The zero-order chi connectivity index (χ0) is 22.2. The maximum atomic E-state index is 10.9. The summed E-state index contributed by atoms with van der Waals surface area (Å²) in [5.41, 5.74) is 4.92. The lowest BCUT2D eigenvalue weighted by atomic mass is 9.60. The molecule has 0 aromatic carbocycles. The van der Waals surface area contributed by atoms with Gasteiger partial charge in [-0.05, 0) is 114 Å². The summed E-state index contributed by atoms with van der Waals surface area (Å²) in [6, 6.07) is 0. The van der Waals surface area contributed by atoms with Crippen LogP contribution in [0.25, 0.3) is 0 Å². The summed E-state index contributed by atoms with van der Waals surface area (Å²) in [6.45, 7) is 8.95. The van der Waals surface area contributed by atoms with Gasteiger partial charge in [-0.25, -0.2) is 0 Å². The van der Waals surface area contributed by atoms with Crippen molar-refractivity contribution in [3.05, 3.63) is 22.8 Å². The Labute approximate surface area is 191 Å². The predicted molar refractivity (Wildman–Crippen MR) is 130 cm³/mol. The van der Waals surface area contributed by atoms with Crippen molar-refractivity contribution in [2.24, 2.45) is 29.1 Å². The standard InChI is InChI=1S/C29H48O2/c1-20(9-7-17-28(2,3)31)25-14-15-26-22(11-8-18-29(25,26)4)19-24-23-12-6-5-10-21(23)13-16-27(24)30/h19-20,24-27,30-31H,5-18H2,1-4H3/b22-19+/t20-,24?,25-,26+,27+,29-/m1/s1. The van der Waals surface area contributed by atoms with Gasteiger partial charge in [-0.15, -0.1) is 0 Å². The molecule has 0 aromatic rings. The molecule has 0 heterocycles. The second-order valence-electron chi connectivity index (χ2n) is 12.5. The quantitative estimate of drug-likeness (QED) is 0.434. The number of hydrogen-bond donors (Lipinski definition) is 2. The molecular weight excluding hydrogens is 380 g/mol. The Bertz CT molecular complexity index is 696. The first-order valence-electron chi connectivity index (χ1n) is 13.5. The molecule has 4 rings (SSSR count). The summed E-state index contributed by atoms with van der Waals surface area (Å²) in [5.74, 6) is 2.59. The molecule has 4 aliphatic carbocycles. The summed E-state index contributed by atoms with van der Waals surface area (Å²) in [6.07, 6.45) is 19.7. The van der Waals surface area contributed by atoms with Gasteiger partial charge in [0.25, 0.3) is 0 Å². The third-order valence-electron chi connectivity index (χ3n) is 9.75. The van der Waals surface area contributed by atoms with Crippen molar-refractivity contribution in [3.8, 4) is 0 Å². The fourth-order valence-corrected chi connectivity index (χ4v) is 8.13. The fraction of sp³-hybridized carbons (Fsp3) is 0.862. The summed E-state index contributed by atoms with van der Waals surface area (Å²) >= 11 is 0. The molecule has 0 aromatic heterocycles. The highest BCUT2D eigenvalue weighted by atomic mass is 16.3. The van der Waals surface area contributed by atoms with Crippen molar-refractivity contribution < 1.29 is 10.2 Å². The summed E-state index contributed by atoms with van der Waals surface area (Å²) < 4.78 is 0. The molecular formula is C29H48O2. The lowest BCUT2D eigenvalue weighted by Crippen LogP contribution is -2.37. The Morgan fingerprint density at radius 2 is 1.84 bits per heavy atom. The van der Waals surface area contributed by atoms with E-state index in [9.17, 15) is 10.2 Å². The molecule has 0 radical (unpaired) electrons. The van der Waals surface area contributed by atoms with E-state index in [2.05, 4.69) is 19.9 Å². The van der Waals surface area contributed by atoms with Gasteiger partial charge in [-0.1, -0.05) is 49.5 Å². The van der Waals surface area contributed by atoms with E-state index >= 15 is 0 Å². The molecule has 1 unspecified atom stereocenters. The Morgan fingerprint density at radius 1 is 1.06 bits per heavy atom. The fourth-order valence-electron chi connectivity index (χ4n) is 8.13. The van der Waals surface area contributed by atoms with Crippen LogP contribution in [-0.4, -0.2) is 21.9 Å². The average molecular weight is 429 g/mol. The van der Waals surface area contributed by atoms with Gasteiger partial charge in [0.1, 0.15) is 0 Å². The summed E-state index contributed by atoms with van der Waals surface area (Å²) in [7, 11) is 0. The first-order valence-corrected chi connectivity index (χ1v) is 13.5. The second-order valence-corrected chi connectivity index (χ2v) is 12.5. The number of fused-ring (bicyclic) bond motifs is 1. The van der Waals surface area contributed by atoms with Crippen LogP contribution in [0.5, 0.6) is 0 Å². The minimum atomic E-state index is -0.532. The molecule has 2 heteroatoms. The van der Waals surface area contributed by atoms with E-state index in [1.54, 1.807) is 16.7 Å². The van der Waals surface area contributed by atoms with E-state index in [4.69, 9.17) is 0 Å². The number of allylic oxidation sites excluding steroid dienone is 2. The molecule has 2 saturated carbocycles. The van der Waals surface area contributed by atoms with Crippen molar-refractivity contribution >= 4 is 0 Å². The van der Waals surface area contributed by atoms with Gasteiger partial charge >= 0.3 is 0 Å². The van der Waals surface area contributed by atoms with Crippen LogP contribution in [-0.2, 0) is 0 Å². The van der Waals surface area contributed by atoms with Gasteiger partial charge in [0, 0.05) is 5.92 Å². The number of rotatable bonds is 6. The minimum absolute atomic E-state index is 0.157. The van der Waals surface area contributed by atoms with E-state index in [-0.39, 0.29) is 6.10 Å². The SMILES string of the molecule is C[C@H](CCCC(C)(C)O)[C@H]1CC[C@H]2/C(=C/C3C4=C(CCCC4)CC[C@@H]3O)CCC[C@]12C. The van der Waals surface area contributed by atoms with Crippen molar-refractivity contribution in [2.45, 2.75) is 129 Å². The van der Waals surface area contributed by atoms with Crippen LogP contribution in [0.3, 0.4) is 0 Å². The molecule has 6 atom stereocenters. The van der Waals surface area contributed by atoms with E-state index in [0.29, 0.717) is 11.3 Å². The number of hydrogen-bond acceptors (Lipinski definition) is 2. The highest BCUT2D eigenvalue weighted by Gasteiger charge is 2.50. The number of aliphatic hydroxyl groups is 2. The predicted octanol–water partition coefficient (Wildman–Crippen LogP) is 7.35. The van der Waals surface area contributed by atoms with E-state index < -0.39 is 5.60 Å². The van der Waals surface area contributed by atoms with Crippen molar-refractivity contribution in [1.29, 1.82) is 0 Å². The summed E-state index contributed by atoms with van der Waals surface area (Å²) in [5, 5.41) is 21.0.